The van der Waals surface area contributed by atoms with E-state index in [1.165, 1.54) is 25.3 Å². The lowest BCUT2D eigenvalue weighted by Crippen LogP contribution is -2.40. The van der Waals surface area contributed by atoms with Crippen molar-refractivity contribution in [2.24, 2.45) is 17.8 Å². The molecule has 1 N–H and O–H groups in total. The molecule has 0 saturated heterocycles. The summed E-state index contributed by atoms with van der Waals surface area (Å²) in [6.07, 6.45) is 5.00. The maximum Gasteiger partial charge on any atom is 0.254 e. The van der Waals surface area contributed by atoms with Crippen LogP contribution in [0.5, 0.6) is 0 Å². The Bertz CT molecular complexity index is 531. The fourth-order valence-electron chi connectivity index (χ4n) is 3.97. The molecular formula is C16H19F2NO. The van der Waals surface area contributed by atoms with Crippen molar-refractivity contribution >= 4 is 5.91 Å². The number of fused-ring (bicyclic) bond motifs is 2. The summed E-state index contributed by atoms with van der Waals surface area (Å²) in [6, 6.07) is 3.10. The van der Waals surface area contributed by atoms with Gasteiger partial charge in [0, 0.05) is 12.1 Å². The Hall–Kier alpha value is -1.45. The summed E-state index contributed by atoms with van der Waals surface area (Å²) in [4.78, 5) is 12.1. The lowest BCUT2D eigenvalue weighted by atomic mass is 9.84. The van der Waals surface area contributed by atoms with E-state index in [1.54, 1.807) is 0 Å². The molecule has 2 aliphatic rings. The molecule has 1 aromatic carbocycles. The SMILES string of the molecule is C[C@H](NC(=O)c1ccc(F)cc1F)[C@H]1C[C@H]2CC[C@H]1C2. The molecule has 1 amide bonds. The molecule has 0 unspecified atom stereocenters. The van der Waals surface area contributed by atoms with Crippen molar-refractivity contribution < 1.29 is 13.6 Å². The first-order valence-corrected chi connectivity index (χ1v) is 7.30. The number of halogens is 2. The number of carbonyl (C=O) groups is 1. The third-order valence-corrected chi connectivity index (χ3v) is 4.97. The quantitative estimate of drug-likeness (QED) is 0.901. The highest BCUT2D eigenvalue weighted by Gasteiger charge is 2.42. The van der Waals surface area contributed by atoms with E-state index in [-0.39, 0.29) is 11.6 Å². The third-order valence-electron chi connectivity index (χ3n) is 4.97. The van der Waals surface area contributed by atoms with Crippen LogP contribution in [0, 0.1) is 29.4 Å². The normalized spacial score (nSPS) is 29.4. The van der Waals surface area contributed by atoms with Gasteiger partial charge in [0.05, 0.1) is 5.56 Å². The molecule has 3 rings (SSSR count). The Kier molecular flexibility index (Phi) is 3.48. The Morgan fingerprint density at radius 1 is 1.30 bits per heavy atom. The van der Waals surface area contributed by atoms with Crippen LogP contribution in [0.3, 0.4) is 0 Å². The highest BCUT2D eigenvalue weighted by atomic mass is 19.1. The molecule has 0 spiro atoms. The molecule has 1 aromatic rings. The number of hydrogen-bond acceptors (Lipinski definition) is 1. The van der Waals surface area contributed by atoms with Gasteiger partial charge in [-0.25, -0.2) is 8.78 Å². The minimum absolute atomic E-state index is 0.0438. The fraction of sp³-hybridized carbons (Fsp3) is 0.562. The zero-order chi connectivity index (χ0) is 14.3. The Labute approximate surface area is 117 Å². The van der Waals surface area contributed by atoms with Crippen LogP contribution in [-0.2, 0) is 0 Å². The standard InChI is InChI=1S/C16H19F2NO/c1-9(14-7-10-2-3-11(14)6-10)19-16(20)13-5-4-12(17)8-15(13)18/h4-5,8-11,14H,2-3,6-7H2,1H3,(H,19,20)/t9-,10-,11-,14+/m0/s1. The second-order valence-corrected chi connectivity index (χ2v) is 6.23. The zero-order valence-corrected chi connectivity index (χ0v) is 11.5. The highest BCUT2D eigenvalue weighted by Crippen LogP contribution is 2.49. The minimum Gasteiger partial charge on any atom is -0.349 e. The Morgan fingerprint density at radius 2 is 2.10 bits per heavy atom. The summed E-state index contributed by atoms with van der Waals surface area (Å²) in [5.74, 6) is 0.0992. The van der Waals surface area contributed by atoms with Crippen molar-refractivity contribution in [2.75, 3.05) is 0 Å². The largest absolute Gasteiger partial charge is 0.349 e. The van der Waals surface area contributed by atoms with E-state index >= 15 is 0 Å². The molecule has 2 nitrogen and oxygen atoms in total. The van der Waals surface area contributed by atoms with Crippen molar-refractivity contribution in [3.63, 3.8) is 0 Å². The van der Waals surface area contributed by atoms with Crippen LogP contribution in [0.4, 0.5) is 8.78 Å². The molecule has 4 atom stereocenters. The minimum atomic E-state index is -0.803. The molecule has 2 aliphatic carbocycles. The van der Waals surface area contributed by atoms with Crippen molar-refractivity contribution in [3.05, 3.63) is 35.4 Å². The smallest absolute Gasteiger partial charge is 0.254 e. The second-order valence-electron chi connectivity index (χ2n) is 6.23. The van der Waals surface area contributed by atoms with E-state index in [4.69, 9.17) is 0 Å². The first-order valence-electron chi connectivity index (χ1n) is 7.30. The molecule has 0 heterocycles. The summed E-state index contributed by atoms with van der Waals surface area (Å²) in [5.41, 5.74) is -0.0820. The average Bonchev–Trinajstić information content (AvgIpc) is 3.00. The lowest BCUT2D eigenvalue weighted by molar-refractivity contribution is 0.0911. The van der Waals surface area contributed by atoms with E-state index in [0.717, 1.165) is 24.5 Å². The van der Waals surface area contributed by atoms with Crippen LogP contribution in [0.2, 0.25) is 0 Å². The average molecular weight is 279 g/mol. The molecule has 2 saturated carbocycles. The van der Waals surface area contributed by atoms with Crippen LogP contribution in [0.25, 0.3) is 0 Å². The molecule has 0 aromatic heterocycles. The van der Waals surface area contributed by atoms with Crippen molar-refractivity contribution in [1.82, 2.24) is 5.32 Å². The fourth-order valence-corrected chi connectivity index (χ4v) is 3.97. The first-order chi connectivity index (χ1) is 9.54. The third kappa shape index (κ3) is 2.43. The summed E-state index contributed by atoms with van der Waals surface area (Å²) in [5, 5.41) is 2.88. The van der Waals surface area contributed by atoms with Gasteiger partial charge in [0.15, 0.2) is 0 Å². The number of nitrogens with one attached hydrogen (secondary N) is 1. The summed E-state index contributed by atoms with van der Waals surface area (Å²) < 4.78 is 26.4. The van der Waals surface area contributed by atoms with Crippen LogP contribution in [0.1, 0.15) is 43.0 Å². The maximum absolute atomic E-state index is 13.6. The van der Waals surface area contributed by atoms with Crippen molar-refractivity contribution in [1.29, 1.82) is 0 Å². The molecule has 0 aliphatic heterocycles. The lowest BCUT2D eigenvalue weighted by Gasteiger charge is -2.28. The zero-order valence-electron chi connectivity index (χ0n) is 11.5. The van der Waals surface area contributed by atoms with Gasteiger partial charge < -0.3 is 5.32 Å². The number of amides is 1. The topological polar surface area (TPSA) is 29.1 Å². The molecule has 4 heteroatoms. The van der Waals surface area contributed by atoms with Crippen LogP contribution in [0.15, 0.2) is 18.2 Å². The number of hydrogen-bond donors (Lipinski definition) is 1. The number of rotatable bonds is 3. The van der Waals surface area contributed by atoms with Crippen LogP contribution < -0.4 is 5.32 Å². The van der Waals surface area contributed by atoms with Gasteiger partial charge in [-0.2, -0.15) is 0 Å². The predicted octanol–water partition coefficient (Wildman–Crippen LogP) is 3.52. The number of carbonyl (C=O) groups excluding carboxylic acids is 1. The predicted molar refractivity (Wildman–Crippen MR) is 72.2 cm³/mol. The van der Waals surface area contributed by atoms with Gasteiger partial charge in [0.2, 0.25) is 0 Å². The first kappa shape index (κ1) is 13.5. The van der Waals surface area contributed by atoms with Crippen molar-refractivity contribution in [3.8, 4) is 0 Å². The van der Waals surface area contributed by atoms with E-state index < -0.39 is 17.5 Å². The molecule has 108 valence electrons. The van der Waals surface area contributed by atoms with E-state index in [1.807, 2.05) is 6.92 Å². The van der Waals surface area contributed by atoms with Crippen molar-refractivity contribution in [2.45, 2.75) is 38.6 Å². The second kappa shape index (κ2) is 5.15. The van der Waals surface area contributed by atoms with Gasteiger partial charge in [-0.1, -0.05) is 6.42 Å². The van der Waals surface area contributed by atoms with Gasteiger partial charge in [-0.15, -0.1) is 0 Å². The van der Waals surface area contributed by atoms with E-state index in [2.05, 4.69) is 5.32 Å². The molecule has 2 bridgehead atoms. The highest BCUT2D eigenvalue weighted by molar-refractivity contribution is 5.94. The van der Waals surface area contributed by atoms with Gasteiger partial charge in [-0.05, 0) is 56.1 Å². The number of benzene rings is 1. The van der Waals surface area contributed by atoms with Crippen LogP contribution in [-0.4, -0.2) is 11.9 Å². The Balaban J connectivity index is 1.66. The monoisotopic (exact) mass is 279 g/mol. The summed E-state index contributed by atoms with van der Waals surface area (Å²) in [6.45, 7) is 1.99. The summed E-state index contributed by atoms with van der Waals surface area (Å²) in [7, 11) is 0. The van der Waals surface area contributed by atoms with Gasteiger partial charge in [0.1, 0.15) is 11.6 Å². The van der Waals surface area contributed by atoms with Gasteiger partial charge in [-0.3, -0.25) is 4.79 Å². The molecule has 0 radical (unpaired) electrons. The van der Waals surface area contributed by atoms with Gasteiger partial charge in [0.25, 0.3) is 5.91 Å². The van der Waals surface area contributed by atoms with Crippen LogP contribution >= 0.6 is 0 Å². The summed E-state index contributed by atoms with van der Waals surface area (Å²) >= 11 is 0. The van der Waals surface area contributed by atoms with Gasteiger partial charge >= 0.3 is 0 Å². The Morgan fingerprint density at radius 3 is 2.70 bits per heavy atom. The van der Waals surface area contributed by atoms with E-state index in [0.29, 0.717) is 11.8 Å². The van der Waals surface area contributed by atoms with E-state index in [9.17, 15) is 13.6 Å². The maximum atomic E-state index is 13.6. The molecular weight excluding hydrogens is 260 g/mol. The molecule has 20 heavy (non-hydrogen) atoms. The molecule has 2 fully saturated rings.